The maximum absolute atomic E-state index is 12.0. The molecule has 1 aromatic heterocycles. The molecule has 1 aromatic carbocycles. The summed E-state index contributed by atoms with van der Waals surface area (Å²) >= 11 is 3.09. The third kappa shape index (κ3) is 2.72. The zero-order valence-electron chi connectivity index (χ0n) is 11.2. The van der Waals surface area contributed by atoms with E-state index >= 15 is 0 Å². The standard InChI is InChI=1S/C14H16O3S2/c1-4-16-10-8-6-7-9-11(10)14(18-3)19-12(9)13(15)17-5-2/h6-8H,4-5H2,1-3H3. The summed E-state index contributed by atoms with van der Waals surface area (Å²) in [7, 11) is 0. The Morgan fingerprint density at radius 3 is 2.74 bits per heavy atom. The van der Waals surface area contributed by atoms with Crippen LogP contribution in [0.1, 0.15) is 23.5 Å². The van der Waals surface area contributed by atoms with Gasteiger partial charge in [-0.05, 0) is 26.2 Å². The fourth-order valence-corrected chi connectivity index (χ4v) is 3.82. The van der Waals surface area contributed by atoms with Crippen LogP contribution in [-0.2, 0) is 4.74 Å². The van der Waals surface area contributed by atoms with E-state index in [1.165, 1.54) is 11.3 Å². The first-order chi connectivity index (χ1) is 9.22. The highest BCUT2D eigenvalue weighted by atomic mass is 32.2. The number of benzene rings is 1. The van der Waals surface area contributed by atoms with E-state index in [2.05, 4.69) is 0 Å². The molecule has 0 aliphatic rings. The number of carbonyl (C=O) groups is 1. The number of fused-ring (bicyclic) bond motifs is 1. The number of ether oxygens (including phenoxy) is 2. The van der Waals surface area contributed by atoms with Crippen molar-refractivity contribution in [3.05, 3.63) is 23.1 Å². The molecule has 0 spiro atoms. The number of esters is 1. The van der Waals surface area contributed by atoms with Crippen LogP contribution in [0.3, 0.4) is 0 Å². The molecule has 2 rings (SSSR count). The highest BCUT2D eigenvalue weighted by Gasteiger charge is 2.20. The minimum Gasteiger partial charge on any atom is -0.493 e. The van der Waals surface area contributed by atoms with E-state index in [-0.39, 0.29) is 5.97 Å². The van der Waals surface area contributed by atoms with Gasteiger partial charge >= 0.3 is 5.97 Å². The molecule has 0 saturated carbocycles. The molecule has 19 heavy (non-hydrogen) atoms. The summed E-state index contributed by atoms with van der Waals surface area (Å²) < 4.78 is 11.9. The normalized spacial score (nSPS) is 10.7. The van der Waals surface area contributed by atoms with Gasteiger partial charge in [-0.1, -0.05) is 12.1 Å². The minimum atomic E-state index is -0.258. The Balaban J connectivity index is 2.62. The maximum atomic E-state index is 12.0. The zero-order valence-corrected chi connectivity index (χ0v) is 12.8. The molecule has 102 valence electrons. The highest BCUT2D eigenvalue weighted by molar-refractivity contribution is 8.00. The first-order valence-electron chi connectivity index (χ1n) is 6.12. The van der Waals surface area contributed by atoms with Gasteiger partial charge in [0.25, 0.3) is 0 Å². The average Bonchev–Trinajstić information content (AvgIpc) is 2.79. The lowest BCUT2D eigenvalue weighted by Crippen LogP contribution is -2.02. The van der Waals surface area contributed by atoms with Gasteiger partial charge in [0, 0.05) is 10.8 Å². The van der Waals surface area contributed by atoms with Gasteiger partial charge in [0.05, 0.1) is 17.4 Å². The van der Waals surface area contributed by atoms with Gasteiger partial charge in [-0.3, -0.25) is 0 Å². The molecule has 0 saturated heterocycles. The number of carbonyl (C=O) groups excluding carboxylic acids is 1. The molecular weight excluding hydrogens is 280 g/mol. The van der Waals surface area contributed by atoms with E-state index in [1.54, 1.807) is 11.8 Å². The summed E-state index contributed by atoms with van der Waals surface area (Å²) in [6, 6.07) is 5.79. The zero-order chi connectivity index (χ0) is 13.8. The monoisotopic (exact) mass is 296 g/mol. The van der Waals surface area contributed by atoms with Crippen LogP contribution in [0.25, 0.3) is 10.8 Å². The van der Waals surface area contributed by atoms with Crippen LogP contribution in [0, 0.1) is 0 Å². The largest absolute Gasteiger partial charge is 0.493 e. The molecule has 0 aliphatic heterocycles. The quantitative estimate of drug-likeness (QED) is 0.612. The van der Waals surface area contributed by atoms with Crippen molar-refractivity contribution in [3.8, 4) is 5.75 Å². The second-order valence-corrected chi connectivity index (χ2v) is 5.85. The molecule has 3 nitrogen and oxygen atoms in total. The Bertz CT molecular complexity index is 590. The van der Waals surface area contributed by atoms with E-state index in [9.17, 15) is 4.79 Å². The predicted octanol–water partition coefficient (Wildman–Crippen LogP) is 4.20. The van der Waals surface area contributed by atoms with Crippen LogP contribution in [0.2, 0.25) is 0 Å². The lowest BCUT2D eigenvalue weighted by Gasteiger charge is -2.06. The van der Waals surface area contributed by atoms with Gasteiger partial charge in [-0.15, -0.1) is 23.1 Å². The number of thiophene rings is 1. The SMILES string of the molecule is CCOC(=O)c1sc(SC)c2c(OCC)cccc12. The summed E-state index contributed by atoms with van der Waals surface area (Å²) in [6.45, 7) is 4.76. The Kier molecular flexibility index (Phi) is 4.71. The number of hydrogen-bond donors (Lipinski definition) is 0. The molecule has 0 atom stereocenters. The first-order valence-corrected chi connectivity index (χ1v) is 8.16. The molecule has 0 radical (unpaired) electrons. The smallest absolute Gasteiger partial charge is 0.348 e. The summed E-state index contributed by atoms with van der Waals surface area (Å²) in [5.74, 6) is 0.572. The fraction of sp³-hybridized carbons (Fsp3) is 0.357. The van der Waals surface area contributed by atoms with Crippen LogP contribution < -0.4 is 4.74 Å². The Hall–Kier alpha value is -1.20. The van der Waals surface area contributed by atoms with Crippen molar-refractivity contribution in [3.63, 3.8) is 0 Å². The Labute approximate surface area is 120 Å². The molecule has 0 unspecified atom stereocenters. The van der Waals surface area contributed by atoms with Gasteiger partial charge < -0.3 is 9.47 Å². The molecular formula is C14H16O3S2. The van der Waals surface area contributed by atoms with E-state index in [0.29, 0.717) is 18.1 Å². The van der Waals surface area contributed by atoms with E-state index in [0.717, 1.165) is 20.7 Å². The highest BCUT2D eigenvalue weighted by Crippen LogP contribution is 2.42. The molecule has 0 N–H and O–H groups in total. The fourth-order valence-electron chi connectivity index (χ4n) is 1.90. The van der Waals surface area contributed by atoms with Crippen LogP contribution in [0.5, 0.6) is 5.75 Å². The van der Waals surface area contributed by atoms with Crippen molar-refractivity contribution in [2.75, 3.05) is 19.5 Å². The number of thioether (sulfide) groups is 1. The second-order valence-electron chi connectivity index (χ2n) is 3.75. The molecule has 0 bridgehead atoms. The van der Waals surface area contributed by atoms with Gasteiger partial charge in [-0.25, -0.2) is 4.79 Å². The predicted molar refractivity (Wildman–Crippen MR) is 80.7 cm³/mol. The summed E-state index contributed by atoms with van der Waals surface area (Å²) in [6.07, 6.45) is 2.00. The Morgan fingerprint density at radius 2 is 2.11 bits per heavy atom. The third-order valence-corrected chi connectivity index (χ3v) is 4.92. The average molecular weight is 296 g/mol. The van der Waals surface area contributed by atoms with Gasteiger partial charge in [0.1, 0.15) is 10.6 Å². The van der Waals surface area contributed by atoms with Crippen LogP contribution in [0.15, 0.2) is 22.4 Å². The minimum absolute atomic E-state index is 0.258. The molecule has 0 fully saturated rings. The molecule has 5 heteroatoms. The van der Waals surface area contributed by atoms with Crippen molar-refractivity contribution in [1.82, 2.24) is 0 Å². The van der Waals surface area contributed by atoms with Gasteiger partial charge in [0.2, 0.25) is 0 Å². The van der Waals surface area contributed by atoms with Crippen molar-refractivity contribution >= 4 is 39.8 Å². The van der Waals surface area contributed by atoms with Crippen molar-refractivity contribution in [1.29, 1.82) is 0 Å². The van der Waals surface area contributed by atoms with Crippen LogP contribution in [0.4, 0.5) is 0 Å². The maximum Gasteiger partial charge on any atom is 0.348 e. The molecule has 2 aromatic rings. The number of hydrogen-bond acceptors (Lipinski definition) is 5. The topological polar surface area (TPSA) is 35.5 Å². The summed E-state index contributed by atoms with van der Waals surface area (Å²) in [5.41, 5.74) is 0. The molecule has 0 amide bonds. The Morgan fingerprint density at radius 1 is 1.32 bits per heavy atom. The van der Waals surface area contributed by atoms with E-state index in [1.807, 2.05) is 38.3 Å². The molecule has 1 heterocycles. The van der Waals surface area contributed by atoms with E-state index < -0.39 is 0 Å². The third-order valence-electron chi connectivity index (χ3n) is 2.62. The lowest BCUT2D eigenvalue weighted by atomic mass is 10.1. The molecule has 0 aliphatic carbocycles. The van der Waals surface area contributed by atoms with Crippen LogP contribution in [-0.4, -0.2) is 25.4 Å². The number of rotatable bonds is 5. The van der Waals surface area contributed by atoms with Crippen molar-refractivity contribution < 1.29 is 14.3 Å². The van der Waals surface area contributed by atoms with Crippen molar-refractivity contribution in [2.45, 2.75) is 18.1 Å². The van der Waals surface area contributed by atoms with Crippen molar-refractivity contribution in [2.24, 2.45) is 0 Å². The second kappa shape index (κ2) is 6.30. The van der Waals surface area contributed by atoms with E-state index in [4.69, 9.17) is 9.47 Å². The lowest BCUT2D eigenvalue weighted by molar-refractivity contribution is 0.0534. The summed E-state index contributed by atoms with van der Waals surface area (Å²) in [5, 5.41) is 1.93. The summed E-state index contributed by atoms with van der Waals surface area (Å²) in [4.78, 5) is 12.7. The van der Waals surface area contributed by atoms with Gasteiger partial charge in [-0.2, -0.15) is 0 Å². The first kappa shape index (κ1) is 14.2. The van der Waals surface area contributed by atoms with Gasteiger partial charge in [0.15, 0.2) is 0 Å². The van der Waals surface area contributed by atoms with Crippen LogP contribution >= 0.6 is 23.1 Å².